The first-order chi connectivity index (χ1) is 10.8. The van der Waals surface area contributed by atoms with Gasteiger partial charge in [0.25, 0.3) is 0 Å². The Hall–Kier alpha value is -0.720. The van der Waals surface area contributed by atoms with E-state index in [0.717, 1.165) is 61.8 Å². The smallest absolute Gasteiger partial charge is 0.208 e. The lowest BCUT2D eigenvalue weighted by Gasteiger charge is -2.50. The number of aromatic nitrogens is 2. The Morgan fingerprint density at radius 3 is 3.05 bits per heavy atom. The predicted molar refractivity (Wildman–Crippen MR) is 86.4 cm³/mol. The van der Waals surface area contributed by atoms with Crippen LogP contribution in [0.2, 0.25) is 0 Å². The van der Waals surface area contributed by atoms with Gasteiger partial charge in [-0.2, -0.15) is 0 Å². The van der Waals surface area contributed by atoms with Crippen molar-refractivity contribution < 1.29 is 9.47 Å². The second kappa shape index (κ2) is 6.06. The molecule has 0 bridgehead atoms. The Balaban J connectivity index is 1.47. The number of rotatable bonds is 5. The zero-order valence-electron chi connectivity index (χ0n) is 13.3. The summed E-state index contributed by atoms with van der Waals surface area (Å²) in [6.45, 7) is 6.72. The van der Waals surface area contributed by atoms with Crippen LogP contribution in [0, 0.1) is 18.3 Å². The maximum atomic E-state index is 6.11. The lowest BCUT2D eigenvalue weighted by Crippen LogP contribution is -2.57. The third-order valence-electron chi connectivity index (χ3n) is 5.21. The molecule has 1 aromatic heterocycles. The van der Waals surface area contributed by atoms with Crippen LogP contribution in [-0.2, 0) is 9.47 Å². The van der Waals surface area contributed by atoms with E-state index in [1.54, 1.807) is 11.3 Å². The summed E-state index contributed by atoms with van der Waals surface area (Å²) in [6, 6.07) is 0. The molecule has 2 atom stereocenters. The molecule has 2 aliphatic heterocycles. The minimum atomic E-state index is 0.144. The zero-order chi connectivity index (χ0) is 15.0. The molecule has 4 rings (SSSR count). The molecule has 2 saturated heterocycles. The minimum absolute atomic E-state index is 0.144. The Morgan fingerprint density at radius 1 is 1.36 bits per heavy atom. The highest BCUT2D eigenvalue weighted by Crippen LogP contribution is 2.42. The van der Waals surface area contributed by atoms with Crippen LogP contribution in [0.15, 0.2) is 0 Å². The van der Waals surface area contributed by atoms with E-state index in [-0.39, 0.29) is 5.41 Å². The van der Waals surface area contributed by atoms with Gasteiger partial charge in [0.1, 0.15) is 5.01 Å². The van der Waals surface area contributed by atoms with Crippen molar-refractivity contribution in [3.63, 3.8) is 0 Å². The molecule has 1 aromatic rings. The lowest BCUT2D eigenvalue weighted by atomic mass is 9.73. The molecule has 3 heterocycles. The molecule has 1 aliphatic carbocycles. The molecule has 0 spiro atoms. The molecule has 0 unspecified atom stereocenters. The number of aryl methyl sites for hydroxylation is 1. The monoisotopic (exact) mass is 323 g/mol. The topological polar surface area (TPSA) is 47.5 Å². The van der Waals surface area contributed by atoms with Crippen molar-refractivity contribution in [1.29, 1.82) is 0 Å². The molecule has 6 heteroatoms. The minimum Gasteiger partial charge on any atom is -0.380 e. The standard InChI is InChI=1S/C16H25N3O2S/c1-12-17-18-15(22-12)19-7-5-14-16(10-19,6-2-8-21-14)11-20-9-13-3-4-13/h13-14H,2-11H2,1H3/t14-,16-/m1/s1. The summed E-state index contributed by atoms with van der Waals surface area (Å²) in [6.07, 6.45) is 6.48. The van der Waals surface area contributed by atoms with Crippen molar-refractivity contribution in [3.8, 4) is 0 Å². The SMILES string of the molecule is Cc1nnc(N2CC[C@H]3OCCC[C@]3(COCC3CC3)C2)s1. The second-order valence-corrected chi connectivity index (χ2v) is 8.26. The van der Waals surface area contributed by atoms with Gasteiger partial charge in [0.05, 0.1) is 12.7 Å². The molecule has 0 aromatic carbocycles. The second-order valence-electron chi connectivity index (χ2n) is 7.10. The molecular weight excluding hydrogens is 298 g/mol. The number of fused-ring (bicyclic) bond motifs is 1. The van der Waals surface area contributed by atoms with Gasteiger partial charge < -0.3 is 14.4 Å². The average Bonchev–Trinajstić information content (AvgIpc) is 3.25. The van der Waals surface area contributed by atoms with Gasteiger partial charge in [-0.25, -0.2) is 0 Å². The maximum Gasteiger partial charge on any atom is 0.208 e. The largest absolute Gasteiger partial charge is 0.380 e. The van der Waals surface area contributed by atoms with Crippen molar-refractivity contribution in [2.75, 3.05) is 37.8 Å². The van der Waals surface area contributed by atoms with Crippen LogP contribution in [0.3, 0.4) is 0 Å². The van der Waals surface area contributed by atoms with Gasteiger partial charge >= 0.3 is 0 Å². The van der Waals surface area contributed by atoms with Gasteiger partial charge in [0.15, 0.2) is 0 Å². The van der Waals surface area contributed by atoms with E-state index in [2.05, 4.69) is 15.1 Å². The third-order valence-corrected chi connectivity index (χ3v) is 6.11. The van der Waals surface area contributed by atoms with Crippen LogP contribution in [-0.4, -0.2) is 49.2 Å². The molecule has 0 radical (unpaired) electrons. The van der Waals surface area contributed by atoms with Gasteiger partial charge in [0.2, 0.25) is 5.13 Å². The van der Waals surface area contributed by atoms with Crippen molar-refractivity contribution >= 4 is 16.5 Å². The van der Waals surface area contributed by atoms with E-state index in [1.165, 1.54) is 19.3 Å². The van der Waals surface area contributed by atoms with Crippen molar-refractivity contribution in [2.45, 2.75) is 45.1 Å². The van der Waals surface area contributed by atoms with E-state index in [0.29, 0.717) is 6.10 Å². The van der Waals surface area contributed by atoms with Crippen molar-refractivity contribution in [3.05, 3.63) is 5.01 Å². The summed E-state index contributed by atoms with van der Waals surface area (Å²) >= 11 is 1.69. The highest BCUT2D eigenvalue weighted by molar-refractivity contribution is 7.15. The maximum absolute atomic E-state index is 6.11. The highest BCUT2D eigenvalue weighted by atomic mass is 32.1. The van der Waals surface area contributed by atoms with Crippen LogP contribution < -0.4 is 4.90 Å². The molecule has 5 nitrogen and oxygen atoms in total. The fourth-order valence-corrected chi connectivity index (χ4v) is 4.50. The number of ether oxygens (including phenoxy) is 2. The number of nitrogens with zero attached hydrogens (tertiary/aromatic N) is 3. The van der Waals surface area contributed by atoms with E-state index >= 15 is 0 Å². The molecular formula is C16H25N3O2S. The van der Waals surface area contributed by atoms with E-state index in [1.807, 2.05) is 6.92 Å². The summed E-state index contributed by atoms with van der Waals surface area (Å²) < 4.78 is 12.2. The quantitative estimate of drug-likeness (QED) is 0.834. The zero-order valence-corrected chi connectivity index (χ0v) is 14.1. The molecule has 3 aliphatic rings. The Kier molecular flexibility index (Phi) is 4.09. The Labute approximate surface area is 136 Å². The van der Waals surface area contributed by atoms with Crippen LogP contribution in [0.4, 0.5) is 5.13 Å². The molecule has 122 valence electrons. The van der Waals surface area contributed by atoms with Crippen LogP contribution in [0.25, 0.3) is 0 Å². The third kappa shape index (κ3) is 3.01. The van der Waals surface area contributed by atoms with Crippen LogP contribution in [0.1, 0.15) is 37.1 Å². The number of anilines is 1. The molecule has 0 amide bonds. The molecule has 0 N–H and O–H groups in total. The Bertz CT molecular complexity index is 519. The van der Waals surface area contributed by atoms with E-state index < -0.39 is 0 Å². The molecule has 3 fully saturated rings. The summed E-state index contributed by atoms with van der Waals surface area (Å²) in [5.74, 6) is 0.824. The molecule has 1 saturated carbocycles. The van der Waals surface area contributed by atoms with Gasteiger partial charge in [-0.3, -0.25) is 0 Å². The average molecular weight is 323 g/mol. The Morgan fingerprint density at radius 2 is 2.27 bits per heavy atom. The first kappa shape index (κ1) is 14.8. The van der Waals surface area contributed by atoms with Crippen molar-refractivity contribution in [2.24, 2.45) is 11.3 Å². The first-order valence-corrected chi connectivity index (χ1v) is 9.31. The summed E-state index contributed by atoms with van der Waals surface area (Å²) in [7, 11) is 0. The predicted octanol–water partition coefficient (Wildman–Crippen LogP) is 2.65. The summed E-state index contributed by atoms with van der Waals surface area (Å²) in [5, 5.41) is 10.6. The number of hydrogen-bond donors (Lipinski definition) is 0. The van der Waals surface area contributed by atoms with Crippen LogP contribution >= 0.6 is 11.3 Å². The molecule has 22 heavy (non-hydrogen) atoms. The fourth-order valence-electron chi connectivity index (χ4n) is 3.79. The lowest BCUT2D eigenvalue weighted by molar-refractivity contribution is -0.126. The van der Waals surface area contributed by atoms with E-state index in [9.17, 15) is 0 Å². The summed E-state index contributed by atoms with van der Waals surface area (Å²) in [4.78, 5) is 2.40. The number of hydrogen-bond acceptors (Lipinski definition) is 6. The van der Waals surface area contributed by atoms with Crippen LogP contribution in [0.5, 0.6) is 0 Å². The van der Waals surface area contributed by atoms with Gasteiger partial charge in [-0.1, -0.05) is 11.3 Å². The van der Waals surface area contributed by atoms with Gasteiger partial charge in [-0.05, 0) is 44.9 Å². The van der Waals surface area contributed by atoms with Crippen molar-refractivity contribution in [1.82, 2.24) is 10.2 Å². The summed E-state index contributed by atoms with van der Waals surface area (Å²) in [5.41, 5.74) is 0.144. The van der Waals surface area contributed by atoms with E-state index in [4.69, 9.17) is 9.47 Å². The number of piperidine rings is 1. The van der Waals surface area contributed by atoms with Gasteiger partial charge in [0, 0.05) is 31.7 Å². The highest BCUT2D eigenvalue weighted by Gasteiger charge is 2.47. The first-order valence-electron chi connectivity index (χ1n) is 8.50. The normalized spacial score (nSPS) is 32.0. The fraction of sp³-hybridized carbons (Fsp3) is 0.875. The van der Waals surface area contributed by atoms with Gasteiger partial charge in [-0.15, -0.1) is 10.2 Å².